The molecule has 1 aliphatic rings. The van der Waals surface area contributed by atoms with Crippen LogP contribution in [0.2, 0.25) is 0 Å². The van der Waals surface area contributed by atoms with Crippen molar-refractivity contribution in [1.82, 2.24) is 9.55 Å². The maximum atomic E-state index is 13.2. The fourth-order valence-electron chi connectivity index (χ4n) is 5.70. The lowest BCUT2D eigenvalue weighted by molar-refractivity contribution is -0.0187. The zero-order valence-corrected chi connectivity index (χ0v) is 25.0. The molecule has 0 unspecified atom stereocenters. The van der Waals surface area contributed by atoms with Gasteiger partial charge in [-0.15, -0.1) is 11.8 Å². The summed E-state index contributed by atoms with van der Waals surface area (Å²) in [4.78, 5) is 40.5. The van der Waals surface area contributed by atoms with Crippen LogP contribution in [0, 0.1) is 6.92 Å². The Morgan fingerprint density at radius 1 is 0.841 bits per heavy atom. The molecule has 3 atom stereocenters. The van der Waals surface area contributed by atoms with E-state index in [4.69, 9.17) is 9.47 Å². The number of hydrogen-bond donors (Lipinski definition) is 1. The zero-order valence-electron chi connectivity index (χ0n) is 24.2. The van der Waals surface area contributed by atoms with Crippen LogP contribution in [0.4, 0.5) is 0 Å². The van der Waals surface area contributed by atoms with Gasteiger partial charge >= 0.3 is 11.7 Å². The Balaban J connectivity index is 1.39. The molecule has 4 aromatic carbocycles. The molecule has 2 heterocycles. The Kier molecular flexibility index (Phi) is 8.63. The molecule has 0 bridgehead atoms. The van der Waals surface area contributed by atoms with Gasteiger partial charge in [-0.2, -0.15) is 0 Å². The first-order valence-corrected chi connectivity index (χ1v) is 15.5. The summed E-state index contributed by atoms with van der Waals surface area (Å²) in [6.45, 7) is 1.64. The van der Waals surface area contributed by atoms with Crippen LogP contribution < -0.4 is 11.2 Å². The number of thioether (sulfide) groups is 1. The van der Waals surface area contributed by atoms with E-state index in [1.165, 1.54) is 10.8 Å². The molecule has 0 amide bonds. The summed E-state index contributed by atoms with van der Waals surface area (Å²) < 4.78 is 13.4. The number of carbonyl (C=O) groups excluding carboxylic acids is 1. The number of nitrogens with zero attached hydrogens (tertiary/aromatic N) is 1. The summed E-state index contributed by atoms with van der Waals surface area (Å²) >= 11 is 1.70. The predicted octanol–water partition coefficient (Wildman–Crippen LogP) is 6.08. The quantitative estimate of drug-likeness (QED) is 0.162. The number of H-pyrrole nitrogens is 1. The lowest BCUT2D eigenvalue weighted by Gasteiger charge is -2.36. The summed E-state index contributed by atoms with van der Waals surface area (Å²) in [6.07, 6.45) is -0.160. The average molecular weight is 605 g/mol. The number of aryl methyl sites for hydroxylation is 1. The molecule has 1 fully saturated rings. The molecule has 1 N–H and O–H groups in total. The van der Waals surface area contributed by atoms with Crippen molar-refractivity contribution >= 4 is 17.7 Å². The van der Waals surface area contributed by atoms with Crippen LogP contribution in [0.5, 0.6) is 0 Å². The number of hydrogen-bond acceptors (Lipinski definition) is 6. The Morgan fingerprint density at radius 2 is 1.34 bits per heavy atom. The van der Waals surface area contributed by atoms with E-state index in [9.17, 15) is 14.4 Å². The van der Waals surface area contributed by atoms with Crippen LogP contribution in [0.25, 0.3) is 0 Å². The summed E-state index contributed by atoms with van der Waals surface area (Å²) in [7, 11) is 0. The number of ether oxygens (including phenoxy) is 2. The SMILES string of the molecule is Cc1cn([C@H]2C[C@H](OC(=O)c3ccccc3)[C@@H](CSC(c3ccccc3)(c3ccccc3)c3ccccc3)O2)c(=O)[nH]c1=O. The van der Waals surface area contributed by atoms with Crippen molar-refractivity contribution in [2.45, 2.75) is 36.5 Å². The van der Waals surface area contributed by atoms with Gasteiger partial charge in [0.05, 0.1) is 10.3 Å². The molecule has 0 aliphatic carbocycles. The van der Waals surface area contributed by atoms with Gasteiger partial charge in [0.1, 0.15) is 18.4 Å². The number of nitrogens with one attached hydrogen (secondary N) is 1. The number of rotatable bonds is 9. The van der Waals surface area contributed by atoms with Crippen LogP contribution in [-0.2, 0) is 14.2 Å². The molecule has 222 valence electrons. The summed E-state index contributed by atoms with van der Waals surface area (Å²) in [5.74, 6) is -0.0146. The maximum Gasteiger partial charge on any atom is 0.338 e. The normalized spacial score (nSPS) is 18.2. The fraction of sp³-hybridized carbons (Fsp3) is 0.194. The van der Waals surface area contributed by atoms with E-state index in [1.54, 1.807) is 43.0 Å². The Labute approximate surface area is 259 Å². The van der Waals surface area contributed by atoms with Crippen molar-refractivity contribution in [3.8, 4) is 0 Å². The minimum absolute atomic E-state index is 0.254. The third-order valence-electron chi connectivity index (χ3n) is 7.91. The molecular formula is C36H32N2O5S. The van der Waals surface area contributed by atoms with Crippen LogP contribution >= 0.6 is 11.8 Å². The van der Waals surface area contributed by atoms with Gasteiger partial charge in [0.2, 0.25) is 0 Å². The first-order chi connectivity index (χ1) is 21.5. The van der Waals surface area contributed by atoms with Gasteiger partial charge in [0, 0.05) is 23.9 Å². The lowest BCUT2D eigenvalue weighted by Crippen LogP contribution is -2.34. The fourth-order valence-corrected chi connectivity index (χ4v) is 7.32. The standard InChI is InChI=1S/C36H32N2O5S/c1-25-23-38(35(41)37-33(25)39)32-22-30(43-34(40)26-14-6-2-7-15-26)31(42-32)24-44-36(27-16-8-3-9-17-27,28-18-10-4-11-19-28)29-20-12-5-13-21-29/h2-21,23,30-32H,22,24H2,1H3,(H,37,39,41)/t30-,31+,32+/m0/s1. The molecule has 0 radical (unpaired) electrons. The van der Waals surface area contributed by atoms with Crippen LogP contribution in [0.15, 0.2) is 137 Å². The third kappa shape index (κ3) is 5.91. The molecular weight excluding hydrogens is 572 g/mol. The van der Waals surface area contributed by atoms with E-state index in [-0.39, 0.29) is 6.42 Å². The van der Waals surface area contributed by atoms with Crippen molar-refractivity contribution in [3.63, 3.8) is 0 Å². The summed E-state index contributed by atoms with van der Waals surface area (Å²) in [5.41, 5.74) is 3.11. The Bertz CT molecular complexity index is 1730. The maximum absolute atomic E-state index is 13.2. The molecule has 8 heteroatoms. The second-order valence-corrected chi connectivity index (χ2v) is 12.0. The van der Waals surface area contributed by atoms with Gasteiger partial charge in [-0.3, -0.25) is 14.3 Å². The molecule has 7 nitrogen and oxygen atoms in total. The first-order valence-electron chi connectivity index (χ1n) is 14.5. The summed E-state index contributed by atoms with van der Waals surface area (Å²) in [6, 6.07) is 39.8. The monoisotopic (exact) mass is 604 g/mol. The number of benzene rings is 4. The van der Waals surface area contributed by atoms with E-state index in [1.807, 2.05) is 60.7 Å². The van der Waals surface area contributed by atoms with Crippen molar-refractivity contribution in [3.05, 3.63) is 176 Å². The van der Waals surface area contributed by atoms with Crippen molar-refractivity contribution < 1.29 is 14.3 Å². The molecule has 0 spiro atoms. The molecule has 1 aliphatic heterocycles. The summed E-state index contributed by atoms with van der Waals surface area (Å²) in [5, 5.41) is 0. The highest BCUT2D eigenvalue weighted by atomic mass is 32.2. The second kappa shape index (κ2) is 12.9. The molecule has 1 saturated heterocycles. The zero-order chi connectivity index (χ0) is 30.5. The van der Waals surface area contributed by atoms with Crippen LogP contribution in [0.3, 0.4) is 0 Å². The van der Waals surface area contributed by atoms with Gasteiger partial charge in [-0.05, 0) is 35.7 Å². The average Bonchev–Trinajstić information content (AvgIpc) is 3.47. The Morgan fingerprint density at radius 3 is 1.86 bits per heavy atom. The van der Waals surface area contributed by atoms with Crippen molar-refractivity contribution in [2.75, 3.05) is 5.75 Å². The van der Waals surface area contributed by atoms with Gasteiger partial charge in [0.15, 0.2) is 0 Å². The van der Waals surface area contributed by atoms with E-state index in [0.717, 1.165) is 16.7 Å². The smallest absolute Gasteiger partial charge is 0.338 e. The van der Waals surface area contributed by atoms with Crippen LogP contribution in [0.1, 0.15) is 45.3 Å². The highest BCUT2D eigenvalue weighted by Gasteiger charge is 2.43. The third-order valence-corrected chi connectivity index (χ3v) is 9.54. The van der Waals surface area contributed by atoms with Gasteiger partial charge in [-0.25, -0.2) is 9.59 Å². The highest BCUT2D eigenvalue weighted by molar-refractivity contribution is 8.00. The number of carbonyl (C=O) groups is 1. The number of esters is 1. The molecule has 1 aromatic heterocycles. The minimum Gasteiger partial charge on any atom is -0.456 e. The number of aromatic nitrogens is 2. The molecule has 5 aromatic rings. The van der Waals surface area contributed by atoms with Crippen molar-refractivity contribution in [2.24, 2.45) is 0 Å². The molecule has 6 rings (SSSR count). The van der Waals surface area contributed by atoms with E-state index < -0.39 is 40.4 Å². The Hall–Kier alpha value is -4.66. The van der Waals surface area contributed by atoms with Crippen molar-refractivity contribution in [1.29, 1.82) is 0 Å². The van der Waals surface area contributed by atoms with E-state index >= 15 is 0 Å². The highest BCUT2D eigenvalue weighted by Crippen LogP contribution is 2.49. The van der Waals surface area contributed by atoms with E-state index in [2.05, 4.69) is 41.4 Å². The van der Waals surface area contributed by atoms with Gasteiger partial charge in [0.25, 0.3) is 5.56 Å². The predicted molar refractivity (Wildman–Crippen MR) is 172 cm³/mol. The van der Waals surface area contributed by atoms with Gasteiger partial charge in [-0.1, -0.05) is 109 Å². The van der Waals surface area contributed by atoms with Crippen LogP contribution in [-0.4, -0.2) is 33.5 Å². The molecule has 44 heavy (non-hydrogen) atoms. The molecule has 0 saturated carbocycles. The lowest BCUT2D eigenvalue weighted by atomic mass is 9.84. The number of aromatic amines is 1. The van der Waals surface area contributed by atoms with E-state index in [0.29, 0.717) is 16.9 Å². The largest absolute Gasteiger partial charge is 0.456 e. The first kappa shape index (κ1) is 29.4. The minimum atomic E-state index is -0.725. The topological polar surface area (TPSA) is 90.4 Å². The van der Waals surface area contributed by atoms with Gasteiger partial charge < -0.3 is 9.47 Å². The second-order valence-electron chi connectivity index (χ2n) is 10.7.